The SMILES string of the molecule is Cc1ccc(CC(=O)N(Cc2c(Cl)cccc2Cl)[C@H](C)C(=O)NC2CCCCC2)cc1C. The molecule has 0 heterocycles. The van der Waals surface area contributed by atoms with Gasteiger partial charge in [0.2, 0.25) is 11.8 Å². The molecule has 2 aromatic carbocycles. The summed E-state index contributed by atoms with van der Waals surface area (Å²) in [7, 11) is 0. The van der Waals surface area contributed by atoms with E-state index in [0.29, 0.717) is 15.6 Å². The lowest BCUT2D eigenvalue weighted by molar-refractivity contribution is -0.140. The number of carbonyl (C=O) groups is 2. The quantitative estimate of drug-likeness (QED) is 0.533. The Hall–Kier alpha value is -2.04. The van der Waals surface area contributed by atoms with Gasteiger partial charge in [0.1, 0.15) is 6.04 Å². The van der Waals surface area contributed by atoms with Gasteiger partial charge in [-0.2, -0.15) is 0 Å². The maximum absolute atomic E-state index is 13.4. The Bertz CT molecular complexity index is 950. The standard InChI is InChI=1S/C26H32Cl2N2O2/c1-17-12-13-20(14-18(17)2)15-25(31)30(16-22-23(27)10-7-11-24(22)28)19(3)26(32)29-21-8-5-4-6-9-21/h7,10-14,19,21H,4-6,8-9,15-16H2,1-3H3,(H,29,32)/t19-/m1/s1. The summed E-state index contributed by atoms with van der Waals surface area (Å²) in [5, 5.41) is 4.13. The zero-order valence-corrected chi connectivity index (χ0v) is 20.6. The van der Waals surface area contributed by atoms with Crippen LogP contribution < -0.4 is 5.32 Å². The van der Waals surface area contributed by atoms with E-state index in [-0.39, 0.29) is 30.8 Å². The third-order valence-electron chi connectivity index (χ3n) is 6.44. The molecule has 0 unspecified atom stereocenters. The number of nitrogens with zero attached hydrogens (tertiary/aromatic N) is 1. The molecule has 1 aliphatic rings. The van der Waals surface area contributed by atoms with Gasteiger partial charge in [-0.25, -0.2) is 0 Å². The van der Waals surface area contributed by atoms with Crippen LogP contribution in [0.15, 0.2) is 36.4 Å². The summed E-state index contributed by atoms with van der Waals surface area (Å²) in [6.07, 6.45) is 5.67. The van der Waals surface area contributed by atoms with Crippen molar-refractivity contribution >= 4 is 35.0 Å². The van der Waals surface area contributed by atoms with E-state index in [9.17, 15) is 9.59 Å². The van der Waals surface area contributed by atoms with Gasteiger partial charge >= 0.3 is 0 Å². The average molecular weight is 475 g/mol. The van der Waals surface area contributed by atoms with Crippen LogP contribution in [0.3, 0.4) is 0 Å². The van der Waals surface area contributed by atoms with Crippen molar-refractivity contribution in [3.8, 4) is 0 Å². The van der Waals surface area contributed by atoms with Gasteiger partial charge in [0.15, 0.2) is 0 Å². The molecule has 172 valence electrons. The van der Waals surface area contributed by atoms with E-state index < -0.39 is 6.04 Å². The number of rotatable bonds is 7. The van der Waals surface area contributed by atoms with E-state index in [2.05, 4.69) is 5.32 Å². The Morgan fingerprint density at radius 2 is 1.69 bits per heavy atom. The maximum atomic E-state index is 13.4. The van der Waals surface area contributed by atoms with Crippen LogP contribution in [-0.2, 0) is 22.6 Å². The fourth-order valence-corrected chi connectivity index (χ4v) is 4.71. The molecule has 1 aliphatic carbocycles. The number of amides is 2. The van der Waals surface area contributed by atoms with Crippen LogP contribution in [0.2, 0.25) is 10.0 Å². The summed E-state index contributed by atoms with van der Waals surface area (Å²) in [6.45, 7) is 6.04. The van der Waals surface area contributed by atoms with E-state index >= 15 is 0 Å². The first-order chi connectivity index (χ1) is 15.3. The van der Waals surface area contributed by atoms with E-state index in [1.165, 1.54) is 12.0 Å². The molecule has 4 nitrogen and oxygen atoms in total. The lowest BCUT2D eigenvalue weighted by Crippen LogP contribution is -2.50. The number of halogens is 2. The number of aryl methyl sites for hydroxylation is 2. The van der Waals surface area contributed by atoms with E-state index in [1.54, 1.807) is 30.0 Å². The first-order valence-corrected chi connectivity index (χ1v) is 12.1. The molecule has 0 saturated heterocycles. The average Bonchev–Trinajstić information content (AvgIpc) is 2.76. The lowest BCUT2D eigenvalue weighted by atomic mass is 9.95. The van der Waals surface area contributed by atoms with E-state index in [1.807, 2.05) is 32.0 Å². The van der Waals surface area contributed by atoms with Crippen molar-refractivity contribution < 1.29 is 9.59 Å². The highest BCUT2D eigenvalue weighted by atomic mass is 35.5. The van der Waals surface area contributed by atoms with Gasteiger partial charge in [0.05, 0.1) is 6.42 Å². The topological polar surface area (TPSA) is 49.4 Å². The van der Waals surface area contributed by atoms with Crippen molar-refractivity contribution in [3.05, 3.63) is 68.7 Å². The molecule has 1 N–H and O–H groups in total. The molecular formula is C26H32Cl2N2O2. The van der Waals surface area contributed by atoms with Crippen LogP contribution >= 0.6 is 23.2 Å². The fourth-order valence-electron chi connectivity index (χ4n) is 4.19. The number of carbonyl (C=O) groups excluding carboxylic acids is 2. The molecule has 6 heteroatoms. The Kier molecular flexibility index (Phi) is 8.61. The van der Waals surface area contributed by atoms with Crippen molar-refractivity contribution in [1.29, 1.82) is 0 Å². The van der Waals surface area contributed by atoms with Crippen LogP contribution in [0.5, 0.6) is 0 Å². The largest absolute Gasteiger partial charge is 0.352 e. The molecule has 0 aromatic heterocycles. The summed E-state index contributed by atoms with van der Waals surface area (Å²) < 4.78 is 0. The summed E-state index contributed by atoms with van der Waals surface area (Å²) in [4.78, 5) is 28.1. The van der Waals surface area contributed by atoms with Crippen LogP contribution in [0.4, 0.5) is 0 Å². The second-order valence-electron chi connectivity index (χ2n) is 8.84. The van der Waals surface area contributed by atoms with Crippen molar-refractivity contribution in [1.82, 2.24) is 10.2 Å². The van der Waals surface area contributed by atoms with Crippen LogP contribution in [0, 0.1) is 13.8 Å². The highest BCUT2D eigenvalue weighted by molar-refractivity contribution is 6.36. The van der Waals surface area contributed by atoms with Crippen molar-refractivity contribution in [3.63, 3.8) is 0 Å². The predicted molar refractivity (Wildman–Crippen MR) is 131 cm³/mol. The molecule has 3 rings (SSSR count). The normalized spacial score (nSPS) is 15.3. The summed E-state index contributed by atoms with van der Waals surface area (Å²) in [5.41, 5.74) is 3.90. The second kappa shape index (κ2) is 11.2. The molecule has 2 amide bonds. The van der Waals surface area contributed by atoms with Gasteiger partial charge in [-0.1, -0.05) is 66.7 Å². The van der Waals surface area contributed by atoms with Crippen molar-refractivity contribution in [2.24, 2.45) is 0 Å². The predicted octanol–water partition coefficient (Wildman–Crippen LogP) is 6.02. The molecule has 1 atom stereocenters. The number of hydrogen-bond donors (Lipinski definition) is 1. The van der Waals surface area contributed by atoms with Gasteiger partial charge in [-0.15, -0.1) is 0 Å². The minimum absolute atomic E-state index is 0.129. The molecule has 0 aliphatic heterocycles. The van der Waals surface area contributed by atoms with Gasteiger partial charge in [0, 0.05) is 28.2 Å². The van der Waals surface area contributed by atoms with Gasteiger partial charge < -0.3 is 10.2 Å². The van der Waals surface area contributed by atoms with Crippen LogP contribution in [0.1, 0.15) is 61.3 Å². The van der Waals surface area contributed by atoms with Crippen LogP contribution in [-0.4, -0.2) is 28.8 Å². The molecule has 32 heavy (non-hydrogen) atoms. The zero-order chi connectivity index (χ0) is 23.3. The monoisotopic (exact) mass is 474 g/mol. The third kappa shape index (κ3) is 6.26. The summed E-state index contributed by atoms with van der Waals surface area (Å²) in [6, 6.07) is 10.8. The molecule has 1 fully saturated rings. The van der Waals surface area contributed by atoms with E-state index in [4.69, 9.17) is 23.2 Å². The molecule has 0 spiro atoms. The smallest absolute Gasteiger partial charge is 0.242 e. The van der Waals surface area contributed by atoms with Crippen LogP contribution in [0.25, 0.3) is 0 Å². The molecule has 2 aromatic rings. The molecule has 0 bridgehead atoms. The number of hydrogen-bond acceptors (Lipinski definition) is 2. The Balaban J connectivity index is 1.82. The molecule has 1 saturated carbocycles. The highest BCUT2D eigenvalue weighted by Gasteiger charge is 2.29. The first kappa shape index (κ1) is 24.6. The second-order valence-corrected chi connectivity index (χ2v) is 9.65. The third-order valence-corrected chi connectivity index (χ3v) is 7.14. The molecule has 0 radical (unpaired) electrons. The number of benzene rings is 2. The van der Waals surface area contributed by atoms with Gasteiger partial charge in [-0.3, -0.25) is 9.59 Å². The lowest BCUT2D eigenvalue weighted by Gasteiger charge is -2.31. The van der Waals surface area contributed by atoms with Gasteiger partial charge in [0.25, 0.3) is 0 Å². The Morgan fingerprint density at radius 1 is 1.03 bits per heavy atom. The minimum atomic E-state index is -0.636. The fraction of sp³-hybridized carbons (Fsp3) is 0.462. The highest BCUT2D eigenvalue weighted by Crippen LogP contribution is 2.27. The van der Waals surface area contributed by atoms with Crippen molar-refractivity contribution in [2.75, 3.05) is 0 Å². The summed E-state index contributed by atoms with van der Waals surface area (Å²) in [5.74, 6) is -0.260. The first-order valence-electron chi connectivity index (χ1n) is 11.3. The number of nitrogens with one attached hydrogen (secondary N) is 1. The Labute approximate surface area is 201 Å². The summed E-state index contributed by atoms with van der Waals surface area (Å²) >= 11 is 12.8. The maximum Gasteiger partial charge on any atom is 0.242 e. The van der Waals surface area contributed by atoms with Gasteiger partial charge in [-0.05, 0) is 62.4 Å². The zero-order valence-electron chi connectivity index (χ0n) is 19.1. The molecular weight excluding hydrogens is 443 g/mol. The minimum Gasteiger partial charge on any atom is -0.352 e. The van der Waals surface area contributed by atoms with Crippen molar-refractivity contribution in [2.45, 2.75) is 77.9 Å². The van der Waals surface area contributed by atoms with E-state index in [0.717, 1.165) is 36.8 Å². The Morgan fingerprint density at radius 3 is 2.31 bits per heavy atom.